The number of hydrogen-bond donors (Lipinski definition) is 0. The molecular weight excluding hydrogens is 324 g/mol. The number of rotatable bonds is 2. The van der Waals surface area contributed by atoms with Gasteiger partial charge in [0, 0.05) is 0 Å². The average Bonchev–Trinajstić information content (AvgIpc) is 2.67. The topological polar surface area (TPSA) is 0 Å². The van der Waals surface area contributed by atoms with E-state index in [0.29, 0.717) is 10.8 Å². The molecule has 0 spiro atoms. The molecule has 0 radical (unpaired) electrons. The van der Waals surface area contributed by atoms with Crippen LogP contribution >= 0.6 is 0 Å². The minimum Gasteiger partial charge on any atom is -0.0622 e. The Morgan fingerprint density at radius 2 is 1.30 bits per heavy atom. The molecule has 136 valence electrons. The molecule has 4 saturated carbocycles. The van der Waals surface area contributed by atoms with Crippen molar-refractivity contribution in [1.82, 2.24) is 0 Å². The van der Waals surface area contributed by atoms with Crippen LogP contribution in [0.15, 0.2) is 66.7 Å². The van der Waals surface area contributed by atoms with E-state index in [1.165, 1.54) is 54.9 Å². The normalized spacial score (nSPS) is 34.3. The Morgan fingerprint density at radius 1 is 0.667 bits per heavy atom. The van der Waals surface area contributed by atoms with Gasteiger partial charge in [0.1, 0.15) is 0 Å². The predicted octanol–water partition coefficient (Wildman–Crippen LogP) is 6.94. The molecule has 7 rings (SSSR count). The molecule has 4 atom stereocenters. The maximum atomic E-state index is 2.53. The van der Waals surface area contributed by atoms with Crippen molar-refractivity contribution in [1.29, 1.82) is 0 Å². The molecule has 0 heteroatoms. The summed E-state index contributed by atoms with van der Waals surface area (Å²) in [5, 5.41) is 2.81. The summed E-state index contributed by atoms with van der Waals surface area (Å²) in [6, 6.07) is 25.8. The lowest BCUT2D eigenvalue weighted by Crippen LogP contribution is -2.55. The van der Waals surface area contributed by atoms with Gasteiger partial charge in [-0.2, -0.15) is 0 Å². The van der Waals surface area contributed by atoms with Crippen LogP contribution in [0.1, 0.15) is 55.2 Å². The SMILES string of the molecule is Cc1ccc2cc(C34C[C@@H]5C[C@@H](CC(c6ccccc6)(C5)C3)C4)ccc2c1. The molecule has 4 aliphatic carbocycles. The Balaban J connectivity index is 1.48. The van der Waals surface area contributed by atoms with E-state index in [-0.39, 0.29) is 0 Å². The van der Waals surface area contributed by atoms with Crippen molar-refractivity contribution in [2.24, 2.45) is 11.8 Å². The van der Waals surface area contributed by atoms with Crippen LogP contribution in [0.3, 0.4) is 0 Å². The third-order valence-electron chi connectivity index (χ3n) is 8.06. The van der Waals surface area contributed by atoms with Crippen LogP contribution in [0, 0.1) is 18.8 Å². The molecule has 0 aromatic heterocycles. The van der Waals surface area contributed by atoms with Crippen molar-refractivity contribution in [2.75, 3.05) is 0 Å². The van der Waals surface area contributed by atoms with Gasteiger partial charge in [0.25, 0.3) is 0 Å². The Labute approximate surface area is 162 Å². The minimum atomic E-state index is 0.402. The second-order valence-corrected chi connectivity index (χ2v) is 9.95. The van der Waals surface area contributed by atoms with Gasteiger partial charge in [-0.25, -0.2) is 0 Å². The summed E-state index contributed by atoms with van der Waals surface area (Å²) < 4.78 is 0. The third-order valence-corrected chi connectivity index (χ3v) is 8.06. The highest BCUT2D eigenvalue weighted by atomic mass is 14.6. The van der Waals surface area contributed by atoms with Gasteiger partial charge in [0.05, 0.1) is 0 Å². The fourth-order valence-corrected chi connectivity index (χ4v) is 7.42. The van der Waals surface area contributed by atoms with E-state index >= 15 is 0 Å². The summed E-state index contributed by atoms with van der Waals surface area (Å²) in [6.45, 7) is 2.19. The number of benzene rings is 3. The lowest BCUT2D eigenvalue weighted by Gasteiger charge is -2.63. The zero-order chi connectivity index (χ0) is 18.1. The zero-order valence-electron chi connectivity index (χ0n) is 16.2. The lowest BCUT2D eigenvalue weighted by atomic mass is 9.41. The van der Waals surface area contributed by atoms with E-state index in [9.17, 15) is 0 Å². The molecule has 0 N–H and O–H groups in total. The lowest BCUT2D eigenvalue weighted by molar-refractivity contribution is -0.0280. The predicted molar refractivity (Wildman–Crippen MR) is 113 cm³/mol. The van der Waals surface area contributed by atoms with E-state index in [1.807, 2.05) is 0 Å². The van der Waals surface area contributed by atoms with Gasteiger partial charge in [-0.05, 0) is 90.0 Å². The largest absolute Gasteiger partial charge is 0.0622 e. The van der Waals surface area contributed by atoms with Crippen LogP contribution in [-0.4, -0.2) is 0 Å². The van der Waals surface area contributed by atoms with E-state index in [1.54, 1.807) is 11.1 Å². The van der Waals surface area contributed by atoms with Crippen LogP contribution in [0.4, 0.5) is 0 Å². The Bertz CT molecular complexity index is 999. The van der Waals surface area contributed by atoms with Crippen molar-refractivity contribution in [3.8, 4) is 0 Å². The van der Waals surface area contributed by atoms with Gasteiger partial charge in [-0.3, -0.25) is 0 Å². The van der Waals surface area contributed by atoms with E-state index in [2.05, 4.69) is 73.7 Å². The summed E-state index contributed by atoms with van der Waals surface area (Å²) in [5.41, 5.74) is 5.41. The van der Waals surface area contributed by atoms with Crippen LogP contribution in [-0.2, 0) is 10.8 Å². The van der Waals surface area contributed by atoms with Gasteiger partial charge in [0.15, 0.2) is 0 Å². The van der Waals surface area contributed by atoms with Crippen LogP contribution < -0.4 is 0 Å². The van der Waals surface area contributed by atoms with Crippen molar-refractivity contribution < 1.29 is 0 Å². The second-order valence-electron chi connectivity index (χ2n) is 9.95. The standard InChI is InChI=1S/C27H28/c1-19-7-8-23-13-25(10-9-22(23)11-19)27-16-20-12-21(17-27)15-26(14-20,18-27)24-5-3-2-4-6-24/h2-11,13,20-21H,12,14-18H2,1H3/t20-,21+,26?,27?. The molecule has 27 heavy (non-hydrogen) atoms. The number of fused-ring (bicyclic) bond motifs is 1. The van der Waals surface area contributed by atoms with E-state index in [4.69, 9.17) is 0 Å². The van der Waals surface area contributed by atoms with Gasteiger partial charge >= 0.3 is 0 Å². The highest BCUT2D eigenvalue weighted by Crippen LogP contribution is 2.66. The van der Waals surface area contributed by atoms with Crippen molar-refractivity contribution in [3.05, 3.63) is 83.4 Å². The van der Waals surface area contributed by atoms with Crippen molar-refractivity contribution >= 4 is 10.8 Å². The first-order valence-corrected chi connectivity index (χ1v) is 10.7. The summed E-state index contributed by atoms with van der Waals surface area (Å²) in [7, 11) is 0. The molecule has 0 amide bonds. The molecule has 4 aliphatic rings. The molecule has 0 nitrogen and oxygen atoms in total. The third kappa shape index (κ3) is 2.35. The smallest absolute Gasteiger partial charge is 0.00330 e. The van der Waals surface area contributed by atoms with Crippen LogP contribution in [0.25, 0.3) is 10.8 Å². The Morgan fingerprint density at radius 3 is 2.04 bits per heavy atom. The van der Waals surface area contributed by atoms with Crippen molar-refractivity contribution in [3.63, 3.8) is 0 Å². The number of aryl methyl sites for hydroxylation is 1. The fourth-order valence-electron chi connectivity index (χ4n) is 7.42. The van der Waals surface area contributed by atoms with Crippen molar-refractivity contribution in [2.45, 2.75) is 56.3 Å². The average molecular weight is 353 g/mol. The quantitative estimate of drug-likeness (QED) is 0.469. The summed E-state index contributed by atoms with van der Waals surface area (Å²) in [4.78, 5) is 0. The van der Waals surface area contributed by atoms with Crippen LogP contribution in [0.2, 0.25) is 0 Å². The maximum Gasteiger partial charge on any atom is -0.00330 e. The first-order valence-electron chi connectivity index (χ1n) is 10.7. The van der Waals surface area contributed by atoms with E-state index < -0.39 is 0 Å². The number of hydrogen-bond acceptors (Lipinski definition) is 0. The highest BCUT2D eigenvalue weighted by molar-refractivity contribution is 5.84. The Kier molecular flexibility index (Phi) is 3.23. The molecule has 0 heterocycles. The summed E-state index contributed by atoms with van der Waals surface area (Å²) in [6.07, 6.45) is 8.49. The molecule has 4 bridgehead atoms. The molecular formula is C27H28. The van der Waals surface area contributed by atoms with Gasteiger partial charge in [0.2, 0.25) is 0 Å². The van der Waals surface area contributed by atoms with Gasteiger partial charge < -0.3 is 0 Å². The second kappa shape index (κ2) is 5.47. The molecule has 3 aromatic rings. The fraction of sp³-hybridized carbons (Fsp3) is 0.407. The first-order chi connectivity index (χ1) is 13.1. The maximum absolute atomic E-state index is 2.53. The molecule has 2 unspecified atom stereocenters. The van der Waals surface area contributed by atoms with E-state index in [0.717, 1.165) is 11.8 Å². The van der Waals surface area contributed by atoms with Crippen LogP contribution in [0.5, 0.6) is 0 Å². The monoisotopic (exact) mass is 352 g/mol. The Hall–Kier alpha value is -2.08. The minimum absolute atomic E-state index is 0.402. The zero-order valence-corrected chi connectivity index (χ0v) is 16.2. The molecule has 4 fully saturated rings. The molecule has 3 aromatic carbocycles. The molecule has 0 saturated heterocycles. The highest BCUT2D eigenvalue weighted by Gasteiger charge is 2.58. The van der Waals surface area contributed by atoms with Gasteiger partial charge in [-0.1, -0.05) is 72.3 Å². The van der Waals surface area contributed by atoms with Gasteiger partial charge in [-0.15, -0.1) is 0 Å². The summed E-state index contributed by atoms with van der Waals surface area (Å²) in [5.74, 6) is 1.83. The first kappa shape index (κ1) is 15.9. The summed E-state index contributed by atoms with van der Waals surface area (Å²) >= 11 is 0. The molecule has 0 aliphatic heterocycles.